The summed E-state index contributed by atoms with van der Waals surface area (Å²) < 4.78 is 5.13. The number of nitrogens with one attached hydrogen (secondary N) is 2. The zero-order valence-electron chi connectivity index (χ0n) is 19.4. The minimum absolute atomic E-state index is 0. The van der Waals surface area contributed by atoms with Crippen LogP contribution in [0.1, 0.15) is 42.3 Å². The van der Waals surface area contributed by atoms with Gasteiger partial charge in [0.2, 0.25) is 0 Å². The SMILES string of the molecule is CCNC(=NCCNC(=O)c1ccco1)N1CCC2C(CCCN2Cc2ccccc2)C1.I. The summed E-state index contributed by atoms with van der Waals surface area (Å²) >= 11 is 0. The number of carbonyl (C=O) groups is 1. The van der Waals surface area contributed by atoms with Crippen LogP contribution in [0.2, 0.25) is 0 Å². The molecule has 2 saturated heterocycles. The highest BCUT2D eigenvalue weighted by Gasteiger charge is 2.36. The van der Waals surface area contributed by atoms with E-state index in [1.54, 1.807) is 12.1 Å². The fourth-order valence-corrected chi connectivity index (χ4v) is 4.97. The number of carbonyl (C=O) groups excluding carboxylic acids is 1. The zero-order chi connectivity index (χ0) is 22.2. The van der Waals surface area contributed by atoms with Gasteiger partial charge in [0.1, 0.15) is 0 Å². The Kier molecular flexibility index (Phi) is 10.1. The summed E-state index contributed by atoms with van der Waals surface area (Å²) in [4.78, 5) is 21.9. The minimum atomic E-state index is -0.197. The second-order valence-electron chi connectivity index (χ2n) is 8.63. The van der Waals surface area contributed by atoms with E-state index in [9.17, 15) is 4.79 Å². The van der Waals surface area contributed by atoms with Crippen molar-refractivity contribution in [2.24, 2.45) is 10.9 Å². The quantitative estimate of drug-likeness (QED) is 0.233. The molecule has 7 nitrogen and oxygen atoms in total. The normalized spacial score (nSPS) is 21.1. The van der Waals surface area contributed by atoms with Gasteiger partial charge in [-0.2, -0.15) is 0 Å². The summed E-state index contributed by atoms with van der Waals surface area (Å²) in [5.41, 5.74) is 1.40. The van der Waals surface area contributed by atoms with Crippen LogP contribution in [0.3, 0.4) is 0 Å². The van der Waals surface area contributed by atoms with Crippen molar-refractivity contribution < 1.29 is 9.21 Å². The number of halogens is 1. The van der Waals surface area contributed by atoms with Gasteiger partial charge < -0.3 is 20.0 Å². The first kappa shape index (κ1) is 25.6. The lowest BCUT2D eigenvalue weighted by Crippen LogP contribution is -2.56. The summed E-state index contributed by atoms with van der Waals surface area (Å²) in [5.74, 6) is 1.76. The molecule has 0 saturated carbocycles. The third kappa shape index (κ3) is 6.96. The molecular weight excluding hydrogens is 529 g/mol. The van der Waals surface area contributed by atoms with Crippen molar-refractivity contribution in [3.63, 3.8) is 0 Å². The molecular formula is C25H36IN5O2. The predicted molar refractivity (Wildman–Crippen MR) is 142 cm³/mol. The number of hydrogen-bond acceptors (Lipinski definition) is 4. The van der Waals surface area contributed by atoms with E-state index >= 15 is 0 Å². The molecule has 2 aliphatic heterocycles. The lowest BCUT2D eigenvalue weighted by Gasteiger charge is -2.48. The smallest absolute Gasteiger partial charge is 0.287 e. The van der Waals surface area contributed by atoms with Crippen LogP contribution >= 0.6 is 24.0 Å². The number of aliphatic imine (C=N–C) groups is 1. The summed E-state index contributed by atoms with van der Waals surface area (Å²) in [7, 11) is 0. The Labute approximate surface area is 214 Å². The Morgan fingerprint density at radius 2 is 1.97 bits per heavy atom. The van der Waals surface area contributed by atoms with Gasteiger partial charge in [0, 0.05) is 38.8 Å². The Balaban J connectivity index is 0.00000306. The highest BCUT2D eigenvalue weighted by atomic mass is 127. The highest BCUT2D eigenvalue weighted by molar-refractivity contribution is 14.0. The van der Waals surface area contributed by atoms with Gasteiger partial charge in [-0.05, 0) is 56.3 Å². The molecule has 2 unspecified atom stereocenters. The van der Waals surface area contributed by atoms with Crippen molar-refractivity contribution >= 4 is 35.8 Å². The molecule has 33 heavy (non-hydrogen) atoms. The van der Waals surface area contributed by atoms with E-state index in [-0.39, 0.29) is 29.9 Å². The second kappa shape index (κ2) is 13.0. The molecule has 2 aromatic rings. The summed E-state index contributed by atoms with van der Waals surface area (Å²) in [6, 6.07) is 14.9. The van der Waals surface area contributed by atoms with E-state index in [0.29, 0.717) is 30.8 Å². The molecule has 0 aliphatic carbocycles. The molecule has 4 rings (SSSR count). The van der Waals surface area contributed by atoms with E-state index in [2.05, 4.69) is 57.7 Å². The zero-order valence-corrected chi connectivity index (χ0v) is 21.7. The molecule has 1 amide bonds. The largest absolute Gasteiger partial charge is 0.459 e. The number of hydrogen-bond donors (Lipinski definition) is 2. The summed E-state index contributed by atoms with van der Waals surface area (Å²) in [5, 5.41) is 6.31. The fraction of sp³-hybridized carbons (Fsp3) is 0.520. The van der Waals surface area contributed by atoms with Gasteiger partial charge in [-0.25, -0.2) is 0 Å². The molecule has 1 aromatic heterocycles. The highest BCUT2D eigenvalue weighted by Crippen LogP contribution is 2.31. The van der Waals surface area contributed by atoms with Crippen LogP contribution < -0.4 is 10.6 Å². The summed E-state index contributed by atoms with van der Waals surface area (Å²) in [6.07, 6.45) is 5.21. The van der Waals surface area contributed by atoms with Crippen LogP contribution in [0.4, 0.5) is 0 Å². The van der Waals surface area contributed by atoms with Crippen LogP contribution in [0, 0.1) is 5.92 Å². The minimum Gasteiger partial charge on any atom is -0.459 e. The van der Waals surface area contributed by atoms with E-state index in [4.69, 9.17) is 9.41 Å². The van der Waals surface area contributed by atoms with Crippen molar-refractivity contribution in [3.8, 4) is 0 Å². The van der Waals surface area contributed by atoms with Crippen LogP contribution in [0.5, 0.6) is 0 Å². The molecule has 0 bridgehead atoms. The van der Waals surface area contributed by atoms with Gasteiger partial charge >= 0.3 is 0 Å². The lowest BCUT2D eigenvalue weighted by atomic mass is 9.83. The van der Waals surface area contributed by atoms with Gasteiger partial charge in [0.05, 0.1) is 12.8 Å². The Hall–Kier alpha value is -2.07. The molecule has 2 atom stereocenters. The molecule has 1 aromatic carbocycles. The van der Waals surface area contributed by atoms with Gasteiger partial charge in [-0.15, -0.1) is 24.0 Å². The maximum Gasteiger partial charge on any atom is 0.287 e. The first-order valence-corrected chi connectivity index (χ1v) is 11.9. The van der Waals surface area contributed by atoms with Gasteiger partial charge in [0.15, 0.2) is 11.7 Å². The maximum absolute atomic E-state index is 12.0. The van der Waals surface area contributed by atoms with E-state index < -0.39 is 0 Å². The Morgan fingerprint density at radius 1 is 1.12 bits per heavy atom. The number of likely N-dealkylation sites (tertiary alicyclic amines) is 2. The van der Waals surface area contributed by atoms with Gasteiger partial charge in [-0.1, -0.05) is 30.3 Å². The number of nitrogens with zero attached hydrogens (tertiary/aromatic N) is 3. The van der Waals surface area contributed by atoms with E-state index in [1.165, 1.54) is 31.2 Å². The number of amides is 1. The van der Waals surface area contributed by atoms with E-state index in [0.717, 1.165) is 38.6 Å². The lowest BCUT2D eigenvalue weighted by molar-refractivity contribution is 0.0372. The molecule has 0 spiro atoms. The van der Waals surface area contributed by atoms with Crippen molar-refractivity contribution in [1.82, 2.24) is 20.4 Å². The monoisotopic (exact) mass is 565 g/mol. The standard InChI is InChI=1S/C25H35N5O2.HI/c1-2-26-25(28-14-13-27-24(31)23-11-7-17-32-23)30-16-12-22-21(19-30)10-6-15-29(22)18-20-8-4-3-5-9-20;/h3-5,7-9,11,17,21-22H,2,6,10,12-16,18-19H2,1H3,(H,26,28)(H,27,31);1H. The molecule has 8 heteroatoms. The van der Waals surface area contributed by atoms with Crippen LogP contribution in [-0.2, 0) is 6.54 Å². The molecule has 180 valence electrons. The van der Waals surface area contributed by atoms with Crippen LogP contribution in [0.15, 0.2) is 58.1 Å². The number of benzene rings is 1. The third-order valence-corrected chi connectivity index (χ3v) is 6.45. The number of guanidine groups is 1. The second-order valence-corrected chi connectivity index (χ2v) is 8.63. The number of piperidine rings is 2. The van der Waals surface area contributed by atoms with Gasteiger partial charge in [0.25, 0.3) is 5.91 Å². The molecule has 3 heterocycles. The van der Waals surface area contributed by atoms with E-state index in [1.807, 2.05) is 0 Å². The van der Waals surface area contributed by atoms with Crippen LogP contribution in [-0.4, -0.2) is 67.0 Å². The first-order chi connectivity index (χ1) is 15.7. The average molecular weight is 566 g/mol. The Morgan fingerprint density at radius 3 is 2.73 bits per heavy atom. The van der Waals surface area contributed by atoms with Crippen molar-refractivity contribution in [2.75, 3.05) is 39.3 Å². The number of fused-ring (bicyclic) bond motifs is 1. The van der Waals surface area contributed by atoms with Crippen LogP contribution in [0.25, 0.3) is 0 Å². The number of rotatable bonds is 7. The van der Waals surface area contributed by atoms with Crippen molar-refractivity contribution in [1.29, 1.82) is 0 Å². The number of furan rings is 1. The predicted octanol–water partition coefficient (Wildman–Crippen LogP) is 3.58. The topological polar surface area (TPSA) is 73.1 Å². The molecule has 2 fully saturated rings. The molecule has 0 radical (unpaired) electrons. The van der Waals surface area contributed by atoms with Crippen molar-refractivity contribution in [2.45, 2.75) is 38.8 Å². The third-order valence-electron chi connectivity index (χ3n) is 6.45. The van der Waals surface area contributed by atoms with Crippen molar-refractivity contribution in [3.05, 3.63) is 60.1 Å². The Bertz CT molecular complexity index is 874. The fourth-order valence-electron chi connectivity index (χ4n) is 4.97. The van der Waals surface area contributed by atoms with Gasteiger partial charge in [-0.3, -0.25) is 14.7 Å². The molecule has 2 aliphatic rings. The summed E-state index contributed by atoms with van der Waals surface area (Å²) in [6.45, 7) is 8.26. The molecule has 2 N–H and O–H groups in total. The average Bonchev–Trinajstić information content (AvgIpc) is 3.37. The first-order valence-electron chi connectivity index (χ1n) is 11.9. The maximum atomic E-state index is 12.0.